The van der Waals surface area contributed by atoms with Gasteiger partial charge >= 0.3 is 5.97 Å². The van der Waals surface area contributed by atoms with Gasteiger partial charge in [0.15, 0.2) is 5.11 Å². The first-order valence-electron chi connectivity index (χ1n) is 10.2. The van der Waals surface area contributed by atoms with Crippen molar-refractivity contribution in [1.29, 1.82) is 0 Å². The second-order valence-corrected chi connectivity index (χ2v) is 9.60. The highest BCUT2D eigenvalue weighted by Gasteiger charge is 2.27. The third kappa shape index (κ3) is 6.18. The molecule has 0 amide bonds. The second-order valence-electron chi connectivity index (χ2n) is 8.11. The van der Waals surface area contributed by atoms with Crippen LogP contribution in [0.4, 0.5) is 5.00 Å². The van der Waals surface area contributed by atoms with E-state index in [2.05, 4.69) is 37.9 Å². The summed E-state index contributed by atoms with van der Waals surface area (Å²) in [5.41, 5.74) is 1.90. The Balaban J connectivity index is 2.30. The summed E-state index contributed by atoms with van der Waals surface area (Å²) in [6.07, 6.45) is 5.54. The van der Waals surface area contributed by atoms with Crippen LogP contribution in [0.2, 0.25) is 0 Å². The van der Waals surface area contributed by atoms with Crippen molar-refractivity contribution in [2.24, 2.45) is 11.8 Å². The fourth-order valence-corrected chi connectivity index (χ4v) is 5.14. The maximum absolute atomic E-state index is 12.7. The Morgan fingerprint density at radius 1 is 1.15 bits per heavy atom. The number of ether oxygens (including phenoxy) is 1. The highest BCUT2D eigenvalue weighted by molar-refractivity contribution is 7.80. The average Bonchev–Trinajstić information content (AvgIpc) is 2.74. The summed E-state index contributed by atoms with van der Waals surface area (Å²) in [6, 6.07) is 0. The van der Waals surface area contributed by atoms with Gasteiger partial charge < -0.3 is 15.0 Å². The molecule has 0 atom stereocenters. The molecule has 0 aliphatic heterocycles. The smallest absolute Gasteiger partial charge is 0.341 e. The van der Waals surface area contributed by atoms with Crippen molar-refractivity contribution in [3.05, 3.63) is 16.0 Å². The van der Waals surface area contributed by atoms with Crippen LogP contribution in [0.1, 0.15) is 74.7 Å². The van der Waals surface area contributed by atoms with Gasteiger partial charge in [-0.2, -0.15) is 0 Å². The van der Waals surface area contributed by atoms with Crippen molar-refractivity contribution in [3.8, 4) is 0 Å². The molecule has 1 N–H and O–H groups in total. The van der Waals surface area contributed by atoms with Crippen molar-refractivity contribution in [3.63, 3.8) is 0 Å². The van der Waals surface area contributed by atoms with Gasteiger partial charge in [0.05, 0.1) is 12.2 Å². The summed E-state index contributed by atoms with van der Waals surface area (Å²) in [4.78, 5) is 16.3. The van der Waals surface area contributed by atoms with E-state index in [1.165, 1.54) is 23.3 Å². The summed E-state index contributed by atoms with van der Waals surface area (Å²) >= 11 is 7.43. The molecule has 0 bridgehead atoms. The number of thiocarbonyl (C=S) groups is 1. The quantitative estimate of drug-likeness (QED) is 0.365. The van der Waals surface area contributed by atoms with E-state index in [0.717, 1.165) is 42.9 Å². The van der Waals surface area contributed by atoms with Crippen LogP contribution in [0.25, 0.3) is 0 Å². The minimum atomic E-state index is -0.221. The van der Waals surface area contributed by atoms with Gasteiger partial charge in [0.2, 0.25) is 0 Å². The molecule has 0 radical (unpaired) electrons. The van der Waals surface area contributed by atoms with E-state index < -0.39 is 0 Å². The monoisotopic (exact) mass is 410 g/mol. The van der Waals surface area contributed by atoms with Crippen molar-refractivity contribution in [2.75, 3.05) is 25.0 Å². The van der Waals surface area contributed by atoms with Crippen LogP contribution in [0.15, 0.2) is 0 Å². The Kier molecular flexibility index (Phi) is 8.55. The molecule has 0 aromatic carbocycles. The molecule has 4 nitrogen and oxygen atoms in total. The summed E-state index contributed by atoms with van der Waals surface area (Å²) in [5, 5.41) is 4.98. The van der Waals surface area contributed by atoms with Crippen molar-refractivity contribution in [2.45, 2.75) is 66.7 Å². The molecule has 152 valence electrons. The number of carbonyl (C=O) groups excluding carboxylic acids is 1. The number of esters is 1. The molecule has 0 fully saturated rings. The minimum absolute atomic E-state index is 0.221. The standard InChI is InChI=1S/C21H34N2O2S2/c1-6-25-20(24)18-16-10-8-7-9-11-17(16)27-19(18)22-21(26)23(12-14(2)3)13-15(4)5/h14-15H,6-13H2,1-5H3,(H,22,26). The molecule has 1 aromatic rings. The van der Waals surface area contributed by atoms with Crippen molar-refractivity contribution >= 4 is 39.6 Å². The molecule has 1 aliphatic rings. The number of nitrogens with one attached hydrogen (secondary N) is 1. The van der Waals surface area contributed by atoms with E-state index in [9.17, 15) is 4.79 Å². The molecule has 1 aliphatic carbocycles. The lowest BCUT2D eigenvalue weighted by atomic mass is 10.1. The van der Waals surface area contributed by atoms with Gasteiger partial charge in [-0.05, 0) is 62.2 Å². The Labute approximate surface area is 173 Å². The first kappa shape index (κ1) is 22.2. The molecule has 1 aromatic heterocycles. The van der Waals surface area contributed by atoms with Gasteiger partial charge in [0, 0.05) is 18.0 Å². The molecule has 0 saturated carbocycles. The Morgan fingerprint density at radius 3 is 2.37 bits per heavy atom. The fraction of sp³-hybridized carbons (Fsp3) is 0.714. The van der Waals surface area contributed by atoms with Crippen molar-refractivity contribution < 1.29 is 9.53 Å². The lowest BCUT2D eigenvalue weighted by Gasteiger charge is -2.29. The Bertz CT molecular complexity index is 643. The Morgan fingerprint density at radius 2 is 1.78 bits per heavy atom. The number of anilines is 1. The van der Waals surface area contributed by atoms with Crippen LogP contribution >= 0.6 is 23.6 Å². The number of nitrogens with zero attached hydrogens (tertiary/aromatic N) is 1. The zero-order valence-corrected chi connectivity index (χ0v) is 19.0. The van der Waals surface area contributed by atoms with Crippen LogP contribution < -0.4 is 5.32 Å². The van der Waals surface area contributed by atoms with E-state index in [-0.39, 0.29) is 5.97 Å². The molecular weight excluding hydrogens is 376 g/mol. The highest BCUT2D eigenvalue weighted by atomic mass is 32.1. The number of hydrogen-bond acceptors (Lipinski definition) is 4. The molecular formula is C21H34N2O2S2. The van der Waals surface area contributed by atoms with Gasteiger partial charge in [-0.25, -0.2) is 4.79 Å². The van der Waals surface area contributed by atoms with Gasteiger partial charge in [-0.3, -0.25) is 0 Å². The summed E-state index contributed by atoms with van der Waals surface area (Å²) in [5.74, 6) is 0.822. The zero-order chi connectivity index (χ0) is 20.0. The second kappa shape index (κ2) is 10.4. The summed E-state index contributed by atoms with van der Waals surface area (Å²) < 4.78 is 5.38. The van der Waals surface area contributed by atoms with Crippen LogP contribution in [-0.4, -0.2) is 35.7 Å². The normalized spacial score (nSPS) is 14.0. The van der Waals surface area contributed by atoms with Crippen molar-refractivity contribution in [1.82, 2.24) is 4.90 Å². The van der Waals surface area contributed by atoms with Crippen LogP contribution in [0.3, 0.4) is 0 Å². The highest BCUT2D eigenvalue weighted by Crippen LogP contribution is 2.38. The number of fused-ring (bicyclic) bond motifs is 1. The van der Waals surface area contributed by atoms with Gasteiger partial charge in [-0.1, -0.05) is 34.1 Å². The molecule has 6 heteroatoms. The first-order chi connectivity index (χ1) is 12.8. The topological polar surface area (TPSA) is 41.6 Å². The number of aryl methyl sites for hydroxylation is 1. The summed E-state index contributed by atoms with van der Waals surface area (Å²) in [7, 11) is 0. The van der Waals surface area contributed by atoms with E-state index >= 15 is 0 Å². The van der Waals surface area contributed by atoms with Crippen LogP contribution in [0, 0.1) is 11.8 Å². The maximum Gasteiger partial charge on any atom is 0.341 e. The third-order valence-electron chi connectivity index (χ3n) is 4.58. The van der Waals surface area contributed by atoms with Gasteiger partial charge in [0.25, 0.3) is 0 Å². The number of hydrogen-bond donors (Lipinski definition) is 1. The van der Waals surface area contributed by atoms with Gasteiger partial charge in [-0.15, -0.1) is 11.3 Å². The zero-order valence-electron chi connectivity index (χ0n) is 17.4. The van der Waals surface area contributed by atoms with E-state index in [4.69, 9.17) is 17.0 Å². The first-order valence-corrected chi connectivity index (χ1v) is 11.4. The van der Waals surface area contributed by atoms with Crippen LogP contribution in [0.5, 0.6) is 0 Å². The minimum Gasteiger partial charge on any atom is -0.462 e. The summed E-state index contributed by atoms with van der Waals surface area (Å²) in [6.45, 7) is 12.9. The fourth-order valence-electron chi connectivity index (χ4n) is 3.55. The Hall–Kier alpha value is -1.14. The lowest BCUT2D eigenvalue weighted by molar-refractivity contribution is 0.0527. The maximum atomic E-state index is 12.7. The van der Waals surface area contributed by atoms with E-state index in [0.29, 0.717) is 23.6 Å². The molecule has 0 saturated heterocycles. The molecule has 0 unspecified atom stereocenters. The van der Waals surface area contributed by atoms with Gasteiger partial charge in [0.1, 0.15) is 5.00 Å². The SMILES string of the molecule is CCOC(=O)c1c(NC(=S)N(CC(C)C)CC(C)C)sc2c1CCCCC2. The van der Waals surface area contributed by atoms with E-state index in [1.807, 2.05) is 6.92 Å². The number of rotatable bonds is 7. The predicted molar refractivity (Wildman–Crippen MR) is 119 cm³/mol. The predicted octanol–water partition coefficient (Wildman–Crippen LogP) is 5.50. The van der Waals surface area contributed by atoms with E-state index in [1.54, 1.807) is 11.3 Å². The third-order valence-corrected chi connectivity index (χ3v) is 6.15. The molecule has 2 rings (SSSR count). The van der Waals surface area contributed by atoms with Crippen LogP contribution in [-0.2, 0) is 17.6 Å². The largest absolute Gasteiger partial charge is 0.462 e. The molecule has 0 spiro atoms. The number of carbonyl (C=O) groups is 1. The molecule has 27 heavy (non-hydrogen) atoms. The average molecular weight is 411 g/mol. The molecule has 1 heterocycles. The number of thiophene rings is 1. The lowest BCUT2D eigenvalue weighted by Crippen LogP contribution is -2.39.